The number of ether oxygens (including phenoxy) is 2. The number of carbonyl (C=O) groups is 1. The maximum atomic E-state index is 12.0. The zero-order valence-electron chi connectivity index (χ0n) is 11.2. The SMILES string of the molecule is COCCCNC(=O)NCc1ccc(OC(F)F)cc1. The summed E-state index contributed by atoms with van der Waals surface area (Å²) in [5.74, 6) is 0.0905. The summed E-state index contributed by atoms with van der Waals surface area (Å²) in [5.41, 5.74) is 0.790. The second-order valence-corrected chi connectivity index (χ2v) is 3.98. The topological polar surface area (TPSA) is 59.6 Å². The van der Waals surface area contributed by atoms with Crippen molar-refractivity contribution in [3.8, 4) is 5.75 Å². The molecule has 112 valence electrons. The third-order valence-electron chi connectivity index (χ3n) is 2.41. The lowest BCUT2D eigenvalue weighted by Gasteiger charge is -2.08. The van der Waals surface area contributed by atoms with E-state index < -0.39 is 6.61 Å². The van der Waals surface area contributed by atoms with Crippen molar-refractivity contribution in [2.45, 2.75) is 19.6 Å². The molecule has 0 unspecified atom stereocenters. The molecule has 0 bridgehead atoms. The van der Waals surface area contributed by atoms with Gasteiger partial charge < -0.3 is 20.1 Å². The van der Waals surface area contributed by atoms with Gasteiger partial charge in [0.2, 0.25) is 0 Å². The van der Waals surface area contributed by atoms with E-state index in [0.717, 1.165) is 12.0 Å². The average molecular weight is 288 g/mol. The highest BCUT2D eigenvalue weighted by Gasteiger charge is 2.04. The van der Waals surface area contributed by atoms with Gasteiger partial charge in [0, 0.05) is 26.8 Å². The highest BCUT2D eigenvalue weighted by Crippen LogP contribution is 2.14. The number of hydrogen-bond acceptors (Lipinski definition) is 3. The highest BCUT2D eigenvalue weighted by molar-refractivity contribution is 5.73. The van der Waals surface area contributed by atoms with Gasteiger partial charge in [0.15, 0.2) is 0 Å². The lowest BCUT2D eigenvalue weighted by molar-refractivity contribution is -0.0498. The molecule has 0 aliphatic rings. The third-order valence-corrected chi connectivity index (χ3v) is 2.41. The van der Waals surface area contributed by atoms with Crippen molar-refractivity contribution in [3.05, 3.63) is 29.8 Å². The summed E-state index contributed by atoms with van der Waals surface area (Å²) in [7, 11) is 1.60. The molecule has 0 fully saturated rings. The van der Waals surface area contributed by atoms with E-state index in [9.17, 15) is 13.6 Å². The minimum atomic E-state index is -2.84. The summed E-state index contributed by atoms with van der Waals surface area (Å²) in [6, 6.07) is 5.81. The van der Waals surface area contributed by atoms with Crippen LogP contribution in [0.5, 0.6) is 5.75 Å². The first-order valence-corrected chi connectivity index (χ1v) is 6.16. The molecule has 0 aliphatic heterocycles. The number of benzene rings is 1. The number of carbonyl (C=O) groups excluding carboxylic acids is 1. The molecule has 7 heteroatoms. The fourth-order valence-electron chi connectivity index (χ4n) is 1.45. The summed E-state index contributed by atoms with van der Waals surface area (Å²) in [5, 5.41) is 5.33. The van der Waals surface area contributed by atoms with Crippen LogP contribution in [0.1, 0.15) is 12.0 Å². The summed E-state index contributed by atoms with van der Waals surface area (Å²) >= 11 is 0. The van der Waals surface area contributed by atoms with Gasteiger partial charge in [-0.1, -0.05) is 12.1 Å². The van der Waals surface area contributed by atoms with Crippen LogP contribution >= 0.6 is 0 Å². The Morgan fingerprint density at radius 2 is 1.95 bits per heavy atom. The molecular formula is C13H18F2N2O3. The first-order chi connectivity index (χ1) is 9.61. The summed E-state index contributed by atoms with van der Waals surface area (Å²) < 4.78 is 33.0. The zero-order chi connectivity index (χ0) is 14.8. The third kappa shape index (κ3) is 6.89. The fourth-order valence-corrected chi connectivity index (χ4v) is 1.45. The smallest absolute Gasteiger partial charge is 0.387 e. The van der Waals surface area contributed by atoms with Crippen molar-refractivity contribution in [1.82, 2.24) is 10.6 Å². The molecule has 0 atom stereocenters. The first kappa shape index (κ1) is 16.2. The van der Waals surface area contributed by atoms with Crippen molar-refractivity contribution in [2.24, 2.45) is 0 Å². The maximum absolute atomic E-state index is 12.0. The van der Waals surface area contributed by atoms with Crippen LogP contribution < -0.4 is 15.4 Å². The van der Waals surface area contributed by atoms with E-state index in [0.29, 0.717) is 19.7 Å². The monoisotopic (exact) mass is 288 g/mol. The van der Waals surface area contributed by atoms with E-state index >= 15 is 0 Å². The highest BCUT2D eigenvalue weighted by atomic mass is 19.3. The van der Waals surface area contributed by atoms with Gasteiger partial charge in [-0.25, -0.2) is 4.79 Å². The minimum Gasteiger partial charge on any atom is -0.435 e. The van der Waals surface area contributed by atoms with Crippen molar-refractivity contribution < 1.29 is 23.0 Å². The van der Waals surface area contributed by atoms with Crippen LogP contribution in [0.3, 0.4) is 0 Å². The van der Waals surface area contributed by atoms with E-state index in [-0.39, 0.29) is 11.8 Å². The minimum absolute atomic E-state index is 0.0905. The second kappa shape index (κ2) is 9.08. The Kier molecular flexibility index (Phi) is 7.34. The molecule has 1 rings (SSSR count). The number of urea groups is 1. The predicted octanol–water partition coefficient (Wildman–Crippen LogP) is 2.12. The number of hydrogen-bond donors (Lipinski definition) is 2. The Labute approximate surface area is 116 Å². The van der Waals surface area contributed by atoms with E-state index in [2.05, 4.69) is 15.4 Å². The summed E-state index contributed by atoms with van der Waals surface area (Å²) in [6.45, 7) is -1.41. The molecule has 0 aromatic heterocycles. The summed E-state index contributed by atoms with van der Waals surface area (Å²) in [4.78, 5) is 11.4. The van der Waals surface area contributed by atoms with E-state index in [1.165, 1.54) is 12.1 Å². The lowest BCUT2D eigenvalue weighted by atomic mass is 10.2. The molecule has 0 heterocycles. The van der Waals surface area contributed by atoms with Gasteiger partial charge in [-0.2, -0.15) is 8.78 Å². The van der Waals surface area contributed by atoms with Gasteiger partial charge in [0.05, 0.1) is 0 Å². The molecule has 0 aliphatic carbocycles. The van der Waals surface area contributed by atoms with Crippen LogP contribution in [0.4, 0.5) is 13.6 Å². The van der Waals surface area contributed by atoms with E-state index in [1.807, 2.05) is 0 Å². The number of nitrogens with one attached hydrogen (secondary N) is 2. The van der Waals surface area contributed by atoms with Crippen LogP contribution in [0.15, 0.2) is 24.3 Å². The molecule has 1 aromatic rings. The van der Waals surface area contributed by atoms with Crippen LogP contribution in [-0.2, 0) is 11.3 Å². The number of methoxy groups -OCH3 is 1. The Morgan fingerprint density at radius 3 is 2.55 bits per heavy atom. The standard InChI is InChI=1S/C13H18F2N2O3/c1-19-8-2-7-16-13(18)17-9-10-3-5-11(6-4-10)20-12(14)15/h3-6,12H,2,7-9H2,1H3,(H2,16,17,18). The molecule has 0 saturated heterocycles. The van der Waals surface area contributed by atoms with Gasteiger partial charge in [0.1, 0.15) is 5.75 Å². The quantitative estimate of drug-likeness (QED) is 0.720. The number of halogens is 2. The van der Waals surface area contributed by atoms with Gasteiger partial charge in [-0.3, -0.25) is 0 Å². The predicted molar refractivity (Wildman–Crippen MR) is 69.8 cm³/mol. The van der Waals surface area contributed by atoms with Gasteiger partial charge >= 0.3 is 12.6 Å². The Morgan fingerprint density at radius 1 is 1.25 bits per heavy atom. The molecule has 0 spiro atoms. The molecule has 0 radical (unpaired) electrons. The number of alkyl halides is 2. The molecule has 2 amide bonds. The molecule has 1 aromatic carbocycles. The molecular weight excluding hydrogens is 270 g/mol. The van der Waals surface area contributed by atoms with Gasteiger partial charge in [-0.15, -0.1) is 0 Å². The Bertz CT molecular complexity index is 399. The largest absolute Gasteiger partial charge is 0.435 e. The lowest BCUT2D eigenvalue weighted by Crippen LogP contribution is -2.35. The van der Waals surface area contributed by atoms with Crippen LogP contribution in [0.2, 0.25) is 0 Å². The van der Waals surface area contributed by atoms with Crippen molar-refractivity contribution >= 4 is 6.03 Å². The second-order valence-electron chi connectivity index (χ2n) is 3.98. The van der Waals surface area contributed by atoms with Crippen molar-refractivity contribution in [2.75, 3.05) is 20.3 Å². The maximum Gasteiger partial charge on any atom is 0.387 e. The average Bonchev–Trinajstić information content (AvgIpc) is 2.42. The van der Waals surface area contributed by atoms with Crippen molar-refractivity contribution in [1.29, 1.82) is 0 Å². The fraction of sp³-hybridized carbons (Fsp3) is 0.462. The van der Waals surface area contributed by atoms with Gasteiger partial charge in [0.25, 0.3) is 0 Å². The van der Waals surface area contributed by atoms with Crippen LogP contribution in [0.25, 0.3) is 0 Å². The molecule has 2 N–H and O–H groups in total. The Hall–Kier alpha value is -1.89. The number of amides is 2. The van der Waals surface area contributed by atoms with Gasteiger partial charge in [-0.05, 0) is 24.1 Å². The molecule has 5 nitrogen and oxygen atoms in total. The van der Waals surface area contributed by atoms with Crippen LogP contribution in [-0.4, -0.2) is 32.9 Å². The Balaban J connectivity index is 2.25. The molecule has 20 heavy (non-hydrogen) atoms. The van der Waals surface area contributed by atoms with Crippen molar-refractivity contribution in [3.63, 3.8) is 0 Å². The van der Waals surface area contributed by atoms with Crippen LogP contribution in [0, 0.1) is 0 Å². The van der Waals surface area contributed by atoms with E-state index in [1.54, 1.807) is 19.2 Å². The zero-order valence-corrected chi connectivity index (χ0v) is 11.2. The number of rotatable bonds is 8. The van der Waals surface area contributed by atoms with E-state index in [4.69, 9.17) is 4.74 Å². The first-order valence-electron chi connectivity index (χ1n) is 6.16. The molecule has 0 saturated carbocycles. The normalized spacial score (nSPS) is 10.4. The summed E-state index contributed by atoms with van der Waals surface area (Å²) in [6.07, 6.45) is 0.740.